The largest absolute Gasteiger partial charge is 0.496 e. The summed E-state index contributed by atoms with van der Waals surface area (Å²) in [6, 6.07) is 12.2. The zero-order valence-corrected chi connectivity index (χ0v) is 14.5. The quantitative estimate of drug-likeness (QED) is 0.781. The van der Waals surface area contributed by atoms with Crippen molar-refractivity contribution in [2.45, 2.75) is 13.0 Å². The minimum atomic E-state index is -0.301. The van der Waals surface area contributed by atoms with Crippen molar-refractivity contribution in [1.29, 1.82) is 0 Å². The zero-order valence-electron chi connectivity index (χ0n) is 12.2. The first kappa shape index (κ1) is 16.6. The third-order valence-electron chi connectivity index (χ3n) is 3.13. The molecule has 0 aliphatic heterocycles. The van der Waals surface area contributed by atoms with Gasteiger partial charge in [-0.3, -0.25) is 0 Å². The van der Waals surface area contributed by atoms with Crippen molar-refractivity contribution < 1.29 is 9.53 Å². The summed E-state index contributed by atoms with van der Waals surface area (Å²) < 4.78 is 5.92. The van der Waals surface area contributed by atoms with Crippen LogP contribution >= 0.6 is 27.5 Å². The van der Waals surface area contributed by atoms with Crippen molar-refractivity contribution in [1.82, 2.24) is 5.32 Å². The van der Waals surface area contributed by atoms with E-state index >= 15 is 0 Å². The Morgan fingerprint density at radius 2 is 2.00 bits per heavy atom. The smallest absolute Gasteiger partial charge is 0.319 e. The van der Waals surface area contributed by atoms with Gasteiger partial charge in [-0.25, -0.2) is 4.79 Å². The van der Waals surface area contributed by atoms with Gasteiger partial charge in [0.05, 0.1) is 17.6 Å². The van der Waals surface area contributed by atoms with Gasteiger partial charge in [-0.2, -0.15) is 0 Å². The summed E-state index contributed by atoms with van der Waals surface area (Å²) in [5.41, 5.74) is 1.53. The molecule has 1 atom stereocenters. The van der Waals surface area contributed by atoms with Gasteiger partial charge in [0.1, 0.15) is 5.75 Å². The molecule has 0 heterocycles. The number of urea groups is 1. The van der Waals surface area contributed by atoms with Crippen LogP contribution in [0.25, 0.3) is 0 Å². The van der Waals surface area contributed by atoms with Crippen LogP contribution in [0.5, 0.6) is 5.75 Å². The van der Waals surface area contributed by atoms with E-state index in [2.05, 4.69) is 26.6 Å². The van der Waals surface area contributed by atoms with Crippen LogP contribution in [0.3, 0.4) is 0 Å². The Balaban J connectivity index is 2.01. The molecule has 6 heteroatoms. The molecule has 116 valence electrons. The molecule has 2 amide bonds. The van der Waals surface area contributed by atoms with Crippen LogP contribution in [0.15, 0.2) is 46.9 Å². The number of methoxy groups -OCH3 is 1. The van der Waals surface area contributed by atoms with Crippen LogP contribution in [0.2, 0.25) is 5.02 Å². The fourth-order valence-electron chi connectivity index (χ4n) is 2.01. The van der Waals surface area contributed by atoms with Gasteiger partial charge in [0.2, 0.25) is 0 Å². The van der Waals surface area contributed by atoms with E-state index in [4.69, 9.17) is 16.3 Å². The van der Waals surface area contributed by atoms with Crippen LogP contribution in [0.4, 0.5) is 10.5 Å². The van der Waals surface area contributed by atoms with E-state index < -0.39 is 0 Å². The molecule has 2 N–H and O–H groups in total. The lowest BCUT2D eigenvalue weighted by atomic mass is 10.1. The average molecular weight is 384 g/mol. The van der Waals surface area contributed by atoms with E-state index in [1.54, 1.807) is 31.4 Å². The summed E-state index contributed by atoms with van der Waals surface area (Å²) in [4.78, 5) is 12.1. The summed E-state index contributed by atoms with van der Waals surface area (Å²) in [6.45, 7) is 1.88. The number of anilines is 1. The van der Waals surface area contributed by atoms with Crippen molar-refractivity contribution in [3.05, 3.63) is 57.5 Å². The minimum absolute atomic E-state index is 0.199. The number of rotatable bonds is 4. The van der Waals surface area contributed by atoms with Crippen molar-refractivity contribution in [2.24, 2.45) is 0 Å². The summed E-state index contributed by atoms with van der Waals surface area (Å²) >= 11 is 9.51. The number of carbonyl (C=O) groups is 1. The molecule has 0 saturated carbocycles. The van der Waals surface area contributed by atoms with Gasteiger partial charge in [-0.15, -0.1) is 0 Å². The summed E-state index contributed by atoms with van der Waals surface area (Å²) in [5.74, 6) is 0.704. The van der Waals surface area contributed by atoms with Gasteiger partial charge >= 0.3 is 6.03 Å². The molecule has 0 fully saturated rings. The standard InChI is InChI=1S/C16H16BrClN2O2/c1-10(12-5-3-4-6-14(12)18)19-16(21)20-11-7-8-15(22-2)13(17)9-11/h3-10H,1-2H3,(H2,19,20,21). The van der Waals surface area contributed by atoms with Gasteiger partial charge in [-0.1, -0.05) is 29.8 Å². The van der Waals surface area contributed by atoms with Gasteiger partial charge in [-0.05, 0) is 52.7 Å². The molecule has 2 aromatic rings. The highest BCUT2D eigenvalue weighted by molar-refractivity contribution is 9.10. The third-order valence-corrected chi connectivity index (χ3v) is 4.09. The van der Waals surface area contributed by atoms with Crippen molar-refractivity contribution >= 4 is 39.2 Å². The molecule has 2 rings (SSSR count). The minimum Gasteiger partial charge on any atom is -0.496 e. The molecule has 1 unspecified atom stereocenters. The molecular weight excluding hydrogens is 368 g/mol. The zero-order chi connectivity index (χ0) is 16.1. The van der Waals surface area contributed by atoms with Crippen LogP contribution in [-0.2, 0) is 0 Å². The first-order chi connectivity index (χ1) is 10.5. The normalized spacial score (nSPS) is 11.6. The molecule has 0 aromatic heterocycles. The molecule has 4 nitrogen and oxygen atoms in total. The molecule has 0 radical (unpaired) electrons. The summed E-state index contributed by atoms with van der Waals surface area (Å²) in [5, 5.41) is 6.26. The highest BCUT2D eigenvalue weighted by Gasteiger charge is 2.12. The first-order valence-electron chi connectivity index (χ1n) is 6.66. The molecule has 22 heavy (non-hydrogen) atoms. The van der Waals surface area contributed by atoms with Gasteiger partial charge in [0.25, 0.3) is 0 Å². The number of ether oxygens (including phenoxy) is 1. The second-order valence-corrected chi connectivity index (χ2v) is 5.95. The number of benzene rings is 2. The Kier molecular flexibility index (Phi) is 5.69. The Morgan fingerprint density at radius 1 is 1.27 bits per heavy atom. The maximum atomic E-state index is 12.1. The molecule has 0 aliphatic carbocycles. The second kappa shape index (κ2) is 7.51. The number of hydrogen-bond donors (Lipinski definition) is 2. The second-order valence-electron chi connectivity index (χ2n) is 4.69. The molecule has 0 aliphatic rings. The first-order valence-corrected chi connectivity index (χ1v) is 7.84. The number of carbonyl (C=O) groups excluding carboxylic acids is 1. The van der Waals surface area contributed by atoms with E-state index in [9.17, 15) is 4.79 Å². The molecule has 0 spiro atoms. The SMILES string of the molecule is COc1ccc(NC(=O)NC(C)c2ccccc2Cl)cc1Br. The van der Waals surface area contributed by atoms with Crippen LogP contribution in [0.1, 0.15) is 18.5 Å². The Bertz CT molecular complexity index is 679. The predicted molar refractivity (Wildman–Crippen MR) is 92.7 cm³/mol. The Labute approximate surface area is 142 Å². The lowest BCUT2D eigenvalue weighted by molar-refractivity contribution is 0.249. The fraction of sp³-hybridized carbons (Fsp3) is 0.188. The topological polar surface area (TPSA) is 50.4 Å². The lowest BCUT2D eigenvalue weighted by Gasteiger charge is -2.16. The van der Waals surface area contributed by atoms with Crippen molar-refractivity contribution in [3.8, 4) is 5.75 Å². The fourth-order valence-corrected chi connectivity index (χ4v) is 2.85. The highest BCUT2D eigenvalue weighted by atomic mass is 79.9. The van der Waals surface area contributed by atoms with Crippen LogP contribution in [0, 0.1) is 0 Å². The maximum Gasteiger partial charge on any atom is 0.319 e. The van der Waals surface area contributed by atoms with E-state index in [1.807, 2.05) is 25.1 Å². The predicted octanol–water partition coefficient (Wildman–Crippen LogP) is 4.99. The third kappa shape index (κ3) is 4.15. The average Bonchev–Trinajstić information content (AvgIpc) is 2.47. The van der Waals surface area contributed by atoms with Gasteiger partial charge in [0.15, 0.2) is 0 Å². The number of amides is 2. The molecule has 0 bridgehead atoms. The van der Waals surface area contributed by atoms with E-state index in [-0.39, 0.29) is 12.1 Å². The van der Waals surface area contributed by atoms with E-state index in [0.717, 1.165) is 10.0 Å². The van der Waals surface area contributed by atoms with Crippen molar-refractivity contribution in [2.75, 3.05) is 12.4 Å². The maximum absolute atomic E-state index is 12.1. The number of hydrogen-bond acceptors (Lipinski definition) is 2. The summed E-state index contributed by atoms with van der Waals surface area (Å²) in [6.07, 6.45) is 0. The number of halogens is 2. The summed E-state index contributed by atoms with van der Waals surface area (Å²) in [7, 11) is 1.59. The van der Waals surface area contributed by atoms with E-state index in [1.165, 1.54) is 0 Å². The lowest BCUT2D eigenvalue weighted by Crippen LogP contribution is -2.31. The Hall–Kier alpha value is -1.72. The van der Waals surface area contributed by atoms with Crippen LogP contribution < -0.4 is 15.4 Å². The van der Waals surface area contributed by atoms with Gasteiger partial charge in [0, 0.05) is 10.7 Å². The van der Waals surface area contributed by atoms with E-state index in [0.29, 0.717) is 16.5 Å². The molecular formula is C16H16BrClN2O2. The number of nitrogens with one attached hydrogen (secondary N) is 2. The Morgan fingerprint density at radius 3 is 2.64 bits per heavy atom. The monoisotopic (exact) mass is 382 g/mol. The molecule has 0 saturated heterocycles. The van der Waals surface area contributed by atoms with Gasteiger partial charge < -0.3 is 15.4 Å². The highest BCUT2D eigenvalue weighted by Crippen LogP contribution is 2.28. The van der Waals surface area contributed by atoms with Crippen LogP contribution in [-0.4, -0.2) is 13.1 Å². The van der Waals surface area contributed by atoms with Crippen molar-refractivity contribution in [3.63, 3.8) is 0 Å². The molecule has 2 aromatic carbocycles.